The summed E-state index contributed by atoms with van der Waals surface area (Å²) in [5.74, 6) is 1.61. The van der Waals surface area contributed by atoms with Crippen molar-refractivity contribution >= 4 is 0 Å². The molecule has 0 aliphatic carbocycles. The Bertz CT molecular complexity index is 196. The molecule has 102 valence electrons. The van der Waals surface area contributed by atoms with E-state index >= 15 is 0 Å². The van der Waals surface area contributed by atoms with E-state index in [1.54, 1.807) is 0 Å². The molecule has 1 unspecified atom stereocenters. The van der Waals surface area contributed by atoms with Crippen LogP contribution in [0.5, 0.6) is 0 Å². The molecule has 1 rings (SSSR count). The van der Waals surface area contributed by atoms with E-state index < -0.39 is 0 Å². The molecule has 0 aromatic rings. The molecule has 1 atom stereocenters. The summed E-state index contributed by atoms with van der Waals surface area (Å²) in [7, 11) is 4.34. The third-order valence-corrected chi connectivity index (χ3v) is 3.60. The van der Waals surface area contributed by atoms with Gasteiger partial charge in [0, 0.05) is 19.1 Å². The van der Waals surface area contributed by atoms with Crippen LogP contribution in [0.4, 0.5) is 0 Å². The van der Waals surface area contributed by atoms with Gasteiger partial charge in [-0.1, -0.05) is 13.8 Å². The van der Waals surface area contributed by atoms with Crippen molar-refractivity contribution in [1.82, 2.24) is 9.80 Å². The van der Waals surface area contributed by atoms with Crippen LogP contribution in [0, 0.1) is 11.8 Å². The van der Waals surface area contributed by atoms with E-state index in [2.05, 4.69) is 37.7 Å². The second kappa shape index (κ2) is 7.34. The zero-order valence-electron chi connectivity index (χ0n) is 12.2. The molecule has 1 fully saturated rings. The van der Waals surface area contributed by atoms with Gasteiger partial charge in [-0.2, -0.15) is 0 Å². The molecule has 1 aliphatic rings. The van der Waals surface area contributed by atoms with E-state index in [1.165, 1.54) is 32.5 Å². The van der Waals surface area contributed by atoms with Gasteiger partial charge < -0.3 is 15.5 Å². The van der Waals surface area contributed by atoms with Gasteiger partial charge in [0.1, 0.15) is 0 Å². The zero-order valence-corrected chi connectivity index (χ0v) is 12.2. The predicted molar refractivity (Wildman–Crippen MR) is 75.1 cm³/mol. The van der Waals surface area contributed by atoms with Gasteiger partial charge in [-0.05, 0) is 58.3 Å². The summed E-state index contributed by atoms with van der Waals surface area (Å²) in [6, 6.07) is 0.361. The number of piperidine rings is 1. The second-order valence-electron chi connectivity index (χ2n) is 6.40. The highest BCUT2D eigenvalue weighted by Crippen LogP contribution is 2.18. The number of nitrogens with zero attached hydrogens (tertiary/aromatic N) is 2. The normalized spacial score (nSPS) is 21.4. The van der Waals surface area contributed by atoms with Crippen LogP contribution in [-0.4, -0.2) is 56.1 Å². The van der Waals surface area contributed by atoms with Gasteiger partial charge in [-0.3, -0.25) is 0 Å². The first-order valence-corrected chi connectivity index (χ1v) is 7.10. The lowest BCUT2D eigenvalue weighted by atomic mass is 9.95. The second-order valence-corrected chi connectivity index (χ2v) is 6.40. The minimum Gasteiger partial charge on any atom is -0.327 e. The van der Waals surface area contributed by atoms with Gasteiger partial charge in [0.05, 0.1) is 0 Å². The number of nitrogens with two attached hydrogens (primary N) is 1. The highest BCUT2D eigenvalue weighted by atomic mass is 15.1. The van der Waals surface area contributed by atoms with Crippen molar-refractivity contribution in [3.63, 3.8) is 0 Å². The fraction of sp³-hybridized carbons (Fsp3) is 1.00. The van der Waals surface area contributed by atoms with Gasteiger partial charge in [0.2, 0.25) is 0 Å². The molecule has 0 saturated carbocycles. The highest BCUT2D eigenvalue weighted by molar-refractivity contribution is 4.77. The van der Waals surface area contributed by atoms with Crippen molar-refractivity contribution in [3.8, 4) is 0 Å². The molecular weight excluding hydrogens is 210 g/mol. The van der Waals surface area contributed by atoms with Crippen molar-refractivity contribution in [1.29, 1.82) is 0 Å². The summed E-state index contributed by atoms with van der Waals surface area (Å²) in [6.45, 7) is 9.32. The third-order valence-electron chi connectivity index (χ3n) is 3.60. The van der Waals surface area contributed by atoms with Crippen molar-refractivity contribution in [2.24, 2.45) is 17.6 Å². The molecular formula is C14H31N3. The van der Waals surface area contributed by atoms with E-state index in [1.807, 2.05) is 0 Å². The summed E-state index contributed by atoms with van der Waals surface area (Å²) >= 11 is 0. The van der Waals surface area contributed by atoms with E-state index in [0.717, 1.165) is 24.8 Å². The quantitative estimate of drug-likeness (QED) is 0.767. The molecule has 1 aliphatic heterocycles. The maximum absolute atomic E-state index is 6.17. The molecule has 0 radical (unpaired) electrons. The van der Waals surface area contributed by atoms with Crippen molar-refractivity contribution in [3.05, 3.63) is 0 Å². The maximum Gasteiger partial charge on any atom is 0.0170 e. The molecule has 1 saturated heterocycles. The molecule has 2 N–H and O–H groups in total. The Kier molecular flexibility index (Phi) is 6.45. The van der Waals surface area contributed by atoms with Crippen molar-refractivity contribution < 1.29 is 0 Å². The van der Waals surface area contributed by atoms with Crippen molar-refractivity contribution in [2.75, 3.05) is 40.3 Å². The van der Waals surface area contributed by atoms with Crippen LogP contribution >= 0.6 is 0 Å². The molecule has 0 amide bonds. The Hall–Kier alpha value is -0.120. The Morgan fingerprint density at radius 3 is 2.29 bits per heavy atom. The first-order chi connectivity index (χ1) is 7.97. The van der Waals surface area contributed by atoms with Crippen LogP contribution in [0.3, 0.4) is 0 Å². The topological polar surface area (TPSA) is 32.5 Å². The fourth-order valence-corrected chi connectivity index (χ4v) is 2.88. The van der Waals surface area contributed by atoms with Gasteiger partial charge in [0.15, 0.2) is 0 Å². The summed E-state index contributed by atoms with van der Waals surface area (Å²) in [4.78, 5) is 4.87. The number of hydrogen-bond donors (Lipinski definition) is 1. The lowest BCUT2D eigenvalue weighted by molar-refractivity contribution is 0.152. The Balaban J connectivity index is 2.18. The molecule has 0 bridgehead atoms. The van der Waals surface area contributed by atoms with Crippen LogP contribution in [-0.2, 0) is 0 Å². The average molecular weight is 241 g/mol. The minimum atomic E-state index is 0.361. The standard InChI is InChI=1S/C14H31N3/c1-12(2)9-14(15)11-17-7-5-13(6-8-17)10-16(3)4/h12-14H,5-11,15H2,1-4H3. The van der Waals surface area contributed by atoms with Gasteiger partial charge >= 0.3 is 0 Å². The Morgan fingerprint density at radius 1 is 1.24 bits per heavy atom. The van der Waals surface area contributed by atoms with Crippen LogP contribution in [0.25, 0.3) is 0 Å². The van der Waals surface area contributed by atoms with Crippen molar-refractivity contribution in [2.45, 2.75) is 39.2 Å². The summed E-state index contributed by atoms with van der Waals surface area (Å²) in [5.41, 5.74) is 6.17. The average Bonchev–Trinajstić information content (AvgIpc) is 2.18. The fourth-order valence-electron chi connectivity index (χ4n) is 2.88. The monoisotopic (exact) mass is 241 g/mol. The Labute approximate surface area is 107 Å². The van der Waals surface area contributed by atoms with Crippen LogP contribution < -0.4 is 5.73 Å². The Morgan fingerprint density at radius 2 is 1.82 bits per heavy atom. The molecule has 0 aromatic heterocycles. The third kappa shape index (κ3) is 6.39. The first kappa shape index (κ1) is 14.9. The number of likely N-dealkylation sites (tertiary alicyclic amines) is 1. The van der Waals surface area contributed by atoms with Gasteiger partial charge in [-0.25, -0.2) is 0 Å². The lowest BCUT2D eigenvalue weighted by Crippen LogP contribution is -2.43. The van der Waals surface area contributed by atoms with E-state index in [0.29, 0.717) is 6.04 Å². The van der Waals surface area contributed by atoms with Gasteiger partial charge in [-0.15, -0.1) is 0 Å². The smallest absolute Gasteiger partial charge is 0.0170 e. The van der Waals surface area contributed by atoms with Crippen LogP contribution in [0.2, 0.25) is 0 Å². The molecule has 3 heteroatoms. The maximum atomic E-state index is 6.17. The van der Waals surface area contributed by atoms with E-state index in [9.17, 15) is 0 Å². The summed E-state index contributed by atoms with van der Waals surface area (Å²) < 4.78 is 0. The largest absolute Gasteiger partial charge is 0.327 e. The lowest BCUT2D eigenvalue weighted by Gasteiger charge is -2.34. The number of hydrogen-bond acceptors (Lipinski definition) is 3. The van der Waals surface area contributed by atoms with Crippen LogP contribution in [0.15, 0.2) is 0 Å². The minimum absolute atomic E-state index is 0.361. The zero-order chi connectivity index (χ0) is 12.8. The van der Waals surface area contributed by atoms with Crippen LogP contribution in [0.1, 0.15) is 33.1 Å². The predicted octanol–water partition coefficient (Wildman–Crippen LogP) is 1.63. The molecule has 3 nitrogen and oxygen atoms in total. The molecule has 17 heavy (non-hydrogen) atoms. The first-order valence-electron chi connectivity index (χ1n) is 7.10. The summed E-state index contributed by atoms with van der Waals surface area (Å²) in [5, 5.41) is 0. The summed E-state index contributed by atoms with van der Waals surface area (Å²) in [6.07, 6.45) is 3.83. The van der Waals surface area contributed by atoms with E-state index in [-0.39, 0.29) is 0 Å². The highest BCUT2D eigenvalue weighted by Gasteiger charge is 2.21. The van der Waals surface area contributed by atoms with E-state index in [4.69, 9.17) is 5.73 Å². The molecule has 0 spiro atoms. The molecule has 0 aromatic carbocycles. The SMILES string of the molecule is CC(C)CC(N)CN1CCC(CN(C)C)CC1. The van der Waals surface area contributed by atoms with Gasteiger partial charge in [0.25, 0.3) is 0 Å². The molecule has 1 heterocycles. The number of rotatable bonds is 6.